The topological polar surface area (TPSA) is 127 Å². The van der Waals surface area contributed by atoms with Gasteiger partial charge in [0.15, 0.2) is 5.82 Å². The lowest BCUT2D eigenvalue weighted by atomic mass is 10.4. The lowest BCUT2D eigenvalue weighted by Gasteiger charge is -2.00. The highest BCUT2D eigenvalue weighted by atomic mass is 32.2. The van der Waals surface area contributed by atoms with E-state index < -0.39 is 10.0 Å². The molecule has 18 heavy (non-hydrogen) atoms. The third-order valence-electron chi connectivity index (χ3n) is 2.23. The molecule has 0 saturated carbocycles. The van der Waals surface area contributed by atoms with E-state index in [1.54, 1.807) is 6.92 Å². The molecule has 0 unspecified atom stereocenters. The fourth-order valence-electron chi connectivity index (χ4n) is 1.34. The van der Waals surface area contributed by atoms with Crippen molar-refractivity contribution in [3.05, 3.63) is 29.7 Å². The Kier molecular flexibility index (Phi) is 3.45. The maximum atomic E-state index is 11.9. The van der Waals surface area contributed by atoms with E-state index in [9.17, 15) is 8.42 Å². The second-order valence-corrected chi connectivity index (χ2v) is 5.39. The van der Waals surface area contributed by atoms with Crippen LogP contribution in [0, 0.1) is 6.92 Å². The molecule has 0 aromatic carbocycles. The summed E-state index contributed by atoms with van der Waals surface area (Å²) in [6, 6.07) is 1.47. The molecule has 2 aromatic rings. The summed E-state index contributed by atoms with van der Waals surface area (Å²) < 4.78 is 30.9. The summed E-state index contributed by atoms with van der Waals surface area (Å²) in [5.74, 6) is 0.668. The highest BCUT2D eigenvalue weighted by Crippen LogP contribution is 2.10. The normalized spacial score (nSPS) is 11.9. The number of aromatic amines is 1. The Morgan fingerprint density at radius 3 is 2.89 bits per heavy atom. The molecule has 0 fully saturated rings. The van der Waals surface area contributed by atoms with Crippen LogP contribution < -0.4 is 10.5 Å². The van der Waals surface area contributed by atoms with Gasteiger partial charge in [-0.3, -0.25) is 0 Å². The standard InChI is InChI=1S/C9H13N5O3S/c1-6-13-9(17-14-6)5-12-18(15,16)8-2-7(3-10)11-4-8/h2,4,11-12H,3,5,10H2,1H3. The molecule has 8 nitrogen and oxygen atoms in total. The van der Waals surface area contributed by atoms with Crippen molar-refractivity contribution < 1.29 is 12.9 Å². The van der Waals surface area contributed by atoms with E-state index in [2.05, 4.69) is 19.8 Å². The maximum absolute atomic E-state index is 11.9. The summed E-state index contributed by atoms with van der Waals surface area (Å²) >= 11 is 0. The number of aromatic nitrogens is 3. The smallest absolute Gasteiger partial charge is 0.242 e. The zero-order valence-corrected chi connectivity index (χ0v) is 10.5. The lowest BCUT2D eigenvalue weighted by Crippen LogP contribution is -2.23. The van der Waals surface area contributed by atoms with Crippen molar-refractivity contribution in [3.8, 4) is 0 Å². The van der Waals surface area contributed by atoms with E-state index >= 15 is 0 Å². The molecule has 2 rings (SSSR count). The fourth-order valence-corrected chi connectivity index (χ4v) is 2.34. The molecule has 2 heterocycles. The van der Waals surface area contributed by atoms with Crippen LogP contribution >= 0.6 is 0 Å². The van der Waals surface area contributed by atoms with Crippen LogP contribution in [0.5, 0.6) is 0 Å². The van der Waals surface area contributed by atoms with Crippen molar-refractivity contribution in [2.24, 2.45) is 5.73 Å². The van der Waals surface area contributed by atoms with Crippen LogP contribution in [0.15, 0.2) is 21.7 Å². The van der Waals surface area contributed by atoms with Gasteiger partial charge in [0, 0.05) is 18.4 Å². The highest BCUT2D eigenvalue weighted by molar-refractivity contribution is 7.89. The van der Waals surface area contributed by atoms with Gasteiger partial charge in [0.05, 0.1) is 11.4 Å². The number of hydrogen-bond donors (Lipinski definition) is 3. The molecule has 0 aliphatic rings. The summed E-state index contributed by atoms with van der Waals surface area (Å²) in [6.07, 6.45) is 1.38. The number of rotatable bonds is 5. The van der Waals surface area contributed by atoms with Gasteiger partial charge in [-0.25, -0.2) is 13.1 Å². The number of aryl methyl sites for hydroxylation is 1. The van der Waals surface area contributed by atoms with Gasteiger partial charge in [-0.15, -0.1) is 0 Å². The molecular weight excluding hydrogens is 258 g/mol. The maximum Gasteiger partial charge on any atom is 0.242 e. The van der Waals surface area contributed by atoms with Crippen LogP contribution in [-0.2, 0) is 23.1 Å². The first kappa shape index (κ1) is 12.7. The molecule has 4 N–H and O–H groups in total. The van der Waals surface area contributed by atoms with Gasteiger partial charge in [0.2, 0.25) is 15.9 Å². The van der Waals surface area contributed by atoms with Crippen LogP contribution in [0.4, 0.5) is 0 Å². The van der Waals surface area contributed by atoms with Crippen molar-refractivity contribution in [1.82, 2.24) is 19.8 Å². The molecule has 0 radical (unpaired) electrons. The zero-order valence-electron chi connectivity index (χ0n) is 9.67. The number of sulfonamides is 1. The van der Waals surface area contributed by atoms with Crippen molar-refractivity contribution in [2.75, 3.05) is 0 Å². The molecule has 0 amide bonds. The van der Waals surface area contributed by atoms with Gasteiger partial charge >= 0.3 is 0 Å². The van der Waals surface area contributed by atoms with Gasteiger partial charge in [-0.05, 0) is 13.0 Å². The number of hydrogen-bond acceptors (Lipinski definition) is 6. The number of nitrogens with zero attached hydrogens (tertiary/aromatic N) is 2. The van der Waals surface area contributed by atoms with E-state index in [1.807, 2.05) is 0 Å². The van der Waals surface area contributed by atoms with Crippen molar-refractivity contribution in [2.45, 2.75) is 24.9 Å². The van der Waals surface area contributed by atoms with Gasteiger partial charge < -0.3 is 15.2 Å². The summed E-state index contributed by atoms with van der Waals surface area (Å²) in [6.45, 7) is 1.85. The predicted octanol–water partition coefficient (Wildman–Crippen LogP) is -0.357. The fraction of sp³-hybridized carbons (Fsp3) is 0.333. The summed E-state index contributed by atoms with van der Waals surface area (Å²) in [4.78, 5) is 6.79. The molecular formula is C9H13N5O3S. The minimum Gasteiger partial charge on any atom is -0.363 e. The van der Waals surface area contributed by atoms with Crippen LogP contribution in [0.1, 0.15) is 17.4 Å². The second kappa shape index (κ2) is 4.88. The van der Waals surface area contributed by atoms with E-state index in [0.717, 1.165) is 0 Å². The first-order chi connectivity index (χ1) is 8.51. The second-order valence-electron chi connectivity index (χ2n) is 3.62. The van der Waals surface area contributed by atoms with Gasteiger partial charge in [0.1, 0.15) is 0 Å². The minimum atomic E-state index is -3.60. The Balaban J connectivity index is 2.07. The SMILES string of the molecule is Cc1noc(CNS(=O)(=O)c2c[nH]c(CN)c2)n1. The first-order valence-corrected chi connectivity index (χ1v) is 6.66. The molecule has 2 aromatic heterocycles. The van der Waals surface area contributed by atoms with Crippen LogP contribution in [0.3, 0.4) is 0 Å². The Morgan fingerprint density at radius 1 is 1.56 bits per heavy atom. The molecule has 0 aliphatic heterocycles. The Bertz CT molecular complexity index is 630. The third-order valence-corrected chi connectivity index (χ3v) is 3.61. The van der Waals surface area contributed by atoms with E-state index in [0.29, 0.717) is 11.5 Å². The minimum absolute atomic E-state index is 0.0493. The zero-order chi connectivity index (χ0) is 13.2. The lowest BCUT2D eigenvalue weighted by molar-refractivity contribution is 0.372. The molecule has 0 atom stereocenters. The molecule has 0 aliphatic carbocycles. The molecule has 98 valence electrons. The summed E-state index contributed by atoms with van der Waals surface area (Å²) in [5.41, 5.74) is 6.04. The molecule has 0 spiro atoms. The average Bonchev–Trinajstić information content (AvgIpc) is 2.95. The highest BCUT2D eigenvalue weighted by Gasteiger charge is 2.16. The average molecular weight is 271 g/mol. The van der Waals surface area contributed by atoms with Crippen molar-refractivity contribution >= 4 is 10.0 Å². The van der Waals surface area contributed by atoms with Crippen molar-refractivity contribution in [3.63, 3.8) is 0 Å². The largest absolute Gasteiger partial charge is 0.363 e. The Morgan fingerprint density at radius 2 is 2.33 bits per heavy atom. The summed E-state index contributed by atoms with van der Waals surface area (Å²) in [5, 5.41) is 3.56. The third kappa shape index (κ3) is 2.75. The monoisotopic (exact) mass is 271 g/mol. The van der Waals surface area contributed by atoms with Gasteiger partial charge in [-0.1, -0.05) is 5.16 Å². The number of nitrogens with one attached hydrogen (secondary N) is 2. The van der Waals surface area contributed by atoms with Crippen LogP contribution in [0.25, 0.3) is 0 Å². The van der Waals surface area contributed by atoms with Gasteiger partial charge in [-0.2, -0.15) is 4.98 Å². The number of nitrogens with two attached hydrogens (primary N) is 1. The van der Waals surface area contributed by atoms with Crippen LogP contribution in [-0.4, -0.2) is 23.5 Å². The van der Waals surface area contributed by atoms with Gasteiger partial charge in [0.25, 0.3) is 0 Å². The first-order valence-electron chi connectivity index (χ1n) is 5.17. The predicted molar refractivity (Wildman–Crippen MR) is 61.7 cm³/mol. The Hall–Kier alpha value is -1.71. The van der Waals surface area contributed by atoms with E-state index in [-0.39, 0.29) is 23.9 Å². The quantitative estimate of drug-likeness (QED) is 0.681. The molecule has 0 saturated heterocycles. The van der Waals surface area contributed by atoms with E-state index in [4.69, 9.17) is 10.3 Å². The Labute approximate surface area is 104 Å². The molecule has 0 bridgehead atoms. The molecule has 9 heteroatoms. The van der Waals surface area contributed by atoms with Crippen LogP contribution in [0.2, 0.25) is 0 Å². The number of H-pyrrole nitrogens is 1. The van der Waals surface area contributed by atoms with E-state index in [1.165, 1.54) is 12.3 Å². The van der Waals surface area contributed by atoms with Crippen molar-refractivity contribution in [1.29, 1.82) is 0 Å². The summed E-state index contributed by atoms with van der Waals surface area (Å²) in [7, 11) is -3.60.